The standard InChI is InChI=1S/C21H19NO5/c1-4-27-19(14-8-6-5-7-9-14)18-16-10-12(2)15(21(25)26)11-17(16)22(13(3)23)20(18)24/h5-11H,4H2,1-3H3,(H,25,26)/b19-18+. The molecule has 0 radical (unpaired) electrons. The number of rotatable bonds is 4. The van der Waals surface area contributed by atoms with Crippen molar-refractivity contribution >= 4 is 34.8 Å². The van der Waals surface area contributed by atoms with E-state index in [1.807, 2.05) is 37.3 Å². The molecule has 2 aromatic carbocycles. The third-order valence-corrected chi connectivity index (χ3v) is 4.37. The molecule has 6 nitrogen and oxygen atoms in total. The monoisotopic (exact) mass is 365 g/mol. The summed E-state index contributed by atoms with van der Waals surface area (Å²) in [6.45, 7) is 5.08. The number of aryl methyl sites for hydroxylation is 1. The highest BCUT2D eigenvalue weighted by molar-refractivity contribution is 6.43. The SMILES string of the molecule is CCO/C(=C1/C(=O)N(C(C)=O)c2cc(C(=O)O)c(C)cc21)c1ccccc1. The number of carbonyl (C=O) groups excluding carboxylic acids is 2. The molecule has 0 atom stereocenters. The van der Waals surface area contributed by atoms with Gasteiger partial charge in [-0.05, 0) is 31.5 Å². The summed E-state index contributed by atoms with van der Waals surface area (Å²) in [5.74, 6) is -1.75. The second kappa shape index (κ2) is 7.07. The van der Waals surface area contributed by atoms with Gasteiger partial charge in [-0.15, -0.1) is 0 Å². The zero-order valence-corrected chi connectivity index (χ0v) is 15.3. The Morgan fingerprint density at radius 3 is 2.37 bits per heavy atom. The van der Waals surface area contributed by atoms with Crippen molar-refractivity contribution in [2.45, 2.75) is 20.8 Å². The minimum atomic E-state index is -1.11. The highest BCUT2D eigenvalue weighted by atomic mass is 16.5. The maximum atomic E-state index is 13.1. The van der Waals surface area contributed by atoms with Gasteiger partial charge in [0.05, 0.1) is 23.4 Å². The lowest BCUT2D eigenvalue weighted by Gasteiger charge is -2.14. The first kappa shape index (κ1) is 18.4. The molecule has 0 spiro atoms. The fraction of sp³-hybridized carbons (Fsp3) is 0.190. The number of hydrogen-bond donors (Lipinski definition) is 1. The highest BCUT2D eigenvalue weighted by Crippen LogP contribution is 2.42. The molecular weight excluding hydrogens is 346 g/mol. The molecule has 0 bridgehead atoms. The number of anilines is 1. The minimum absolute atomic E-state index is 0.0479. The summed E-state index contributed by atoms with van der Waals surface area (Å²) in [7, 11) is 0. The molecule has 1 N–H and O–H groups in total. The summed E-state index contributed by atoms with van der Waals surface area (Å²) in [4.78, 5) is 37.7. The van der Waals surface area contributed by atoms with Crippen LogP contribution in [0.15, 0.2) is 42.5 Å². The van der Waals surface area contributed by atoms with Crippen molar-refractivity contribution in [3.05, 3.63) is 64.7 Å². The van der Waals surface area contributed by atoms with E-state index in [2.05, 4.69) is 0 Å². The Morgan fingerprint density at radius 2 is 1.81 bits per heavy atom. The molecule has 6 heteroatoms. The Bertz CT molecular complexity index is 976. The molecule has 2 amide bonds. The van der Waals surface area contributed by atoms with Gasteiger partial charge in [0, 0.05) is 18.1 Å². The summed E-state index contributed by atoms with van der Waals surface area (Å²) in [6, 6.07) is 12.1. The number of benzene rings is 2. The predicted octanol–water partition coefficient (Wildman–Crippen LogP) is 3.49. The third-order valence-electron chi connectivity index (χ3n) is 4.37. The number of carboxylic acid groups (broad SMARTS) is 1. The number of nitrogens with zero attached hydrogens (tertiary/aromatic N) is 1. The first-order chi connectivity index (χ1) is 12.9. The lowest BCUT2D eigenvalue weighted by atomic mass is 9.97. The number of carboxylic acids is 1. The van der Waals surface area contributed by atoms with E-state index in [4.69, 9.17) is 4.74 Å². The van der Waals surface area contributed by atoms with Crippen LogP contribution < -0.4 is 4.90 Å². The van der Waals surface area contributed by atoms with Gasteiger partial charge in [-0.2, -0.15) is 0 Å². The van der Waals surface area contributed by atoms with Gasteiger partial charge >= 0.3 is 5.97 Å². The zero-order valence-electron chi connectivity index (χ0n) is 15.3. The van der Waals surface area contributed by atoms with E-state index in [1.54, 1.807) is 13.0 Å². The molecule has 0 aliphatic carbocycles. The van der Waals surface area contributed by atoms with E-state index in [1.165, 1.54) is 13.0 Å². The first-order valence-corrected chi connectivity index (χ1v) is 8.52. The van der Waals surface area contributed by atoms with Crippen LogP contribution in [0.3, 0.4) is 0 Å². The van der Waals surface area contributed by atoms with Crippen LogP contribution in [0.2, 0.25) is 0 Å². The van der Waals surface area contributed by atoms with Gasteiger partial charge in [-0.25, -0.2) is 9.69 Å². The molecule has 1 aliphatic heterocycles. The first-order valence-electron chi connectivity index (χ1n) is 8.52. The number of amides is 2. The topological polar surface area (TPSA) is 83.9 Å². The third kappa shape index (κ3) is 3.10. The molecule has 3 rings (SSSR count). The van der Waals surface area contributed by atoms with Gasteiger partial charge in [0.1, 0.15) is 5.76 Å². The van der Waals surface area contributed by atoms with Crippen molar-refractivity contribution in [2.75, 3.05) is 11.5 Å². The Labute approximate surface area is 156 Å². The molecule has 0 aromatic heterocycles. The van der Waals surface area contributed by atoms with Gasteiger partial charge in [-0.3, -0.25) is 9.59 Å². The summed E-state index contributed by atoms with van der Waals surface area (Å²) >= 11 is 0. The molecule has 1 aliphatic rings. The Balaban J connectivity index is 2.35. The van der Waals surface area contributed by atoms with Crippen LogP contribution in [-0.4, -0.2) is 29.5 Å². The molecule has 0 saturated carbocycles. The summed E-state index contributed by atoms with van der Waals surface area (Å²) in [5.41, 5.74) is 2.27. The van der Waals surface area contributed by atoms with Gasteiger partial charge in [0.15, 0.2) is 0 Å². The van der Waals surface area contributed by atoms with Crippen molar-refractivity contribution in [1.82, 2.24) is 0 Å². The number of aromatic carboxylic acids is 1. The maximum Gasteiger partial charge on any atom is 0.336 e. The maximum absolute atomic E-state index is 13.1. The van der Waals surface area contributed by atoms with Crippen LogP contribution in [0, 0.1) is 6.92 Å². The Morgan fingerprint density at radius 1 is 1.15 bits per heavy atom. The molecule has 0 fully saturated rings. The van der Waals surface area contributed by atoms with Gasteiger partial charge in [-0.1, -0.05) is 30.3 Å². The van der Waals surface area contributed by atoms with Crippen LogP contribution in [0.5, 0.6) is 0 Å². The second-order valence-electron chi connectivity index (χ2n) is 6.15. The fourth-order valence-corrected chi connectivity index (χ4v) is 3.21. The van der Waals surface area contributed by atoms with Crippen LogP contribution in [0.1, 0.15) is 40.9 Å². The van der Waals surface area contributed by atoms with E-state index in [-0.39, 0.29) is 16.8 Å². The van der Waals surface area contributed by atoms with E-state index in [0.29, 0.717) is 29.1 Å². The van der Waals surface area contributed by atoms with Crippen LogP contribution in [0.4, 0.5) is 5.69 Å². The lowest BCUT2D eigenvalue weighted by Crippen LogP contribution is -2.31. The smallest absolute Gasteiger partial charge is 0.336 e. The Kier molecular flexibility index (Phi) is 4.81. The quantitative estimate of drug-likeness (QED) is 0.662. The van der Waals surface area contributed by atoms with Gasteiger partial charge < -0.3 is 9.84 Å². The summed E-state index contributed by atoms with van der Waals surface area (Å²) in [5, 5.41) is 9.40. The van der Waals surface area contributed by atoms with E-state index in [0.717, 1.165) is 4.90 Å². The fourth-order valence-electron chi connectivity index (χ4n) is 3.21. The summed E-state index contributed by atoms with van der Waals surface area (Å²) < 4.78 is 5.79. The molecular formula is C21H19NO5. The summed E-state index contributed by atoms with van der Waals surface area (Å²) in [6.07, 6.45) is 0. The average Bonchev–Trinajstić information content (AvgIpc) is 2.90. The Hall–Kier alpha value is -3.41. The highest BCUT2D eigenvalue weighted by Gasteiger charge is 2.39. The lowest BCUT2D eigenvalue weighted by molar-refractivity contribution is -0.122. The van der Waals surface area contributed by atoms with E-state index in [9.17, 15) is 19.5 Å². The van der Waals surface area contributed by atoms with E-state index < -0.39 is 17.8 Å². The second-order valence-corrected chi connectivity index (χ2v) is 6.15. The van der Waals surface area contributed by atoms with Crippen molar-refractivity contribution in [2.24, 2.45) is 0 Å². The van der Waals surface area contributed by atoms with Crippen LogP contribution in [0.25, 0.3) is 11.3 Å². The molecule has 2 aromatic rings. The molecule has 0 saturated heterocycles. The zero-order chi connectivity index (χ0) is 19.7. The van der Waals surface area contributed by atoms with Gasteiger partial charge in [0.25, 0.3) is 5.91 Å². The molecule has 1 heterocycles. The minimum Gasteiger partial charge on any atom is -0.492 e. The van der Waals surface area contributed by atoms with Crippen molar-refractivity contribution in [1.29, 1.82) is 0 Å². The van der Waals surface area contributed by atoms with Gasteiger partial charge in [0.2, 0.25) is 5.91 Å². The number of hydrogen-bond acceptors (Lipinski definition) is 4. The normalized spacial score (nSPS) is 14.8. The van der Waals surface area contributed by atoms with Crippen LogP contribution in [-0.2, 0) is 14.3 Å². The molecule has 0 unspecified atom stereocenters. The van der Waals surface area contributed by atoms with E-state index >= 15 is 0 Å². The van der Waals surface area contributed by atoms with Crippen molar-refractivity contribution in [3.8, 4) is 0 Å². The largest absolute Gasteiger partial charge is 0.492 e. The van der Waals surface area contributed by atoms with Crippen LogP contribution >= 0.6 is 0 Å². The number of fused-ring (bicyclic) bond motifs is 1. The number of carbonyl (C=O) groups is 3. The van der Waals surface area contributed by atoms with Crippen molar-refractivity contribution < 1.29 is 24.2 Å². The predicted molar refractivity (Wildman–Crippen MR) is 101 cm³/mol. The molecule has 138 valence electrons. The number of ether oxygens (including phenoxy) is 1. The number of imide groups is 1. The molecule has 27 heavy (non-hydrogen) atoms. The average molecular weight is 365 g/mol. The van der Waals surface area contributed by atoms with Crippen molar-refractivity contribution in [3.63, 3.8) is 0 Å².